The van der Waals surface area contributed by atoms with Gasteiger partial charge in [0.2, 0.25) is 10.0 Å². The molecule has 108 valence electrons. The third kappa shape index (κ3) is 3.19. The zero-order valence-corrected chi connectivity index (χ0v) is 12.5. The lowest BCUT2D eigenvalue weighted by Crippen LogP contribution is -2.38. The molecule has 1 fully saturated rings. The molecule has 1 aromatic rings. The van der Waals surface area contributed by atoms with Crippen molar-refractivity contribution in [2.75, 3.05) is 20.1 Å². The van der Waals surface area contributed by atoms with E-state index in [1.165, 1.54) is 0 Å². The minimum absolute atomic E-state index is 0.382. The van der Waals surface area contributed by atoms with Crippen LogP contribution < -0.4 is 5.32 Å². The van der Waals surface area contributed by atoms with Crippen LogP contribution in [0.5, 0.6) is 0 Å². The van der Waals surface area contributed by atoms with Crippen molar-refractivity contribution in [1.82, 2.24) is 14.6 Å². The second-order valence-electron chi connectivity index (χ2n) is 5.15. The summed E-state index contributed by atoms with van der Waals surface area (Å²) in [5.74, 6) is 0.678. The van der Waals surface area contributed by atoms with E-state index in [2.05, 4.69) is 17.2 Å². The standard InChI is InChI=1S/C13H23N3O2S/c1-3-11-4-6-16(7-5-11)19(17,18)13-8-12(9-14-2)15-10-13/h8,10-11,14-15H,3-7,9H2,1-2H3. The number of nitrogens with one attached hydrogen (secondary N) is 2. The first kappa shape index (κ1) is 14.6. The number of aromatic amines is 1. The van der Waals surface area contributed by atoms with Crippen molar-refractivity contribution in [2.24, 2.45) is 5.92 Å². The first-order chi connectivity index (χ1) is 9.07. The van der Waals surface area contributed by atoms with Gasteiger partial charge in [-0.15, -0.1) is 0 Å². The summed E-state index contributed by atoms with van der Waals surface area (Å²) in [6.07, 6.45) is 4.69. The van der Waals surface area contributed by atoms with Gasteiger partial charge in [0.25, 0.3) is 0 Å². The summed E-state index contributed by atoms with van der Waals surface area (Å²) in [6, 6.07) is 1.72. The minimum atomic E-state index is -3.32. The maximum Gasteiger partial charge on any atom is 0.244 e. The molecule has 0 radical (unpaired) electrons. The van der Waals surface area contributed by atoms with Crippen LogP contribution >= 0.6 is 0 Å². The predicted molar refractivity (Wildman–Crippen MR) is 75.3 cm³/mol. The van der Waals surface area contributed by atoms with E-state index in [4.69, 9.17) is 0 Å². The number of sulfonamides is 1. The highest BCUT2D eigenvalue weighted by Crippen LogP contribution is 2.25. The van der Waals surface area contributed by atoms with Crippen LogP contribution in [-0.4, -0.2) is 37.8 Å². The molecule has 19 heavy (non-hydrogen) atoms. The Kier molecular flexibility index (Phi) is 4.65. The largest absolute Gasteiger partial charge is 0.363 e. The molecule has 1 aliphatic rings. The zero-order valence-electron chi connectivity index (χ0n) is 11.6. The van der Waals surface area contributed by atoms with Crippen LogP contribution in [0.15, 0.2) is 17.2 Å². The van der Waals surface area contributed by atoms with Crippen LogP contribution in [0, 0.1) is 5.92 Å². The number of rotatable bonds is 5. The van der Waals surface area contributed by atoms with E-state index >= 15 is 0 Å². The van der Waals surface area contributed by atoms with Crippen LogP contribution in [0.2, 0.25) is 0 Å². The monoisotopic (exact) mass is 285 g/mol. The van der Waals surface area contributed by atoms with E-state index in [-0.39, 0.29) is 0 Å². The van der Waals surface area contributed by atoms with Crippen LogP contribution in [-0.2, 0) is 16.6 Å². The lowest BCUT2D eigenvalue weighted by Gasteiger charge is -2.30. The Balaban J connectivity index is 2.09. The third-order valence-electron chi connectivity index (χ3n) is 3.87. The summed E-state index contributed by atoms with van der Waals surface area (Å²) < 4.78 is 26.6. The van der Waals surface area contributed by atoms with Gasteiger partial charge in [0.1, 0.15) is 0 Å². The zero-order chi connectivity index (χ0) is 13.9. The number of hydrogen-bond acceptors (Lipinski definition) is 3. The van der Waals surface area contributed by atoms with Crippen LogP contribution in [0.25, 0.3) is 0 Å². The maximum absolute atomic E-state index is 12.5. The summed E-state index contributed by atoms with van der Waals surface area (Å²) in [5.41, 5.74) is 0.893. The molecule has 0 aromatic carbocycles. The molecule has 0 bridgehead atoms. The van der Waals surface area contributed by atoms with E-state index < -0.39 is 10.0 Å². The SMILES string of the molecule is CCC1CCN(S(=O)(=O)c2c[nH]c(CNC)c2)CC1. The Bertz CT molecular complexity index is 502. The highest BCUT2D eigenvalue weighted by atomic mass is 32.2. The van der Waals surface area contributed by atoms with E-state index in [0.717, 1.165) is 25.0 Å². The number of aromatic nitrogens is 1. The summed E-state index contributed by atoms with van der Waals surface area (Å²) in [6.45, 7) is 4.11. The van der Waals surface area contributed by atoms with E-state index in [1.807, 2.05) is 7.05 Å². The summed E-state index contributed by atoms with van der Waals surface area (Å²) in [5, 5.41) is 3.00. The van der Waals surface area contributed by atoms with Gasteiger partial charge in [0, 0.05) is 31.5 Å². The van der Waals surface area contributed by atoms with Gasteiger partial charge < -0.3 is 10.3 Å². The van der Waals surface area contributed by atoms with Crippen molar-refractivity contribution in [3.05, 3.63) is 18.0 Å². The van der Waals surface area contributed by atoms with Gasteiger partial charge in [-0.1, -0.05) is 13.3 Å². The quantitative estimate of drug-likeness (QED) is 0.862. The van der Waals surface area contributed by atoms with Crippen LogP contribution in [0.3, 0.4) is 0 Å². The fourth-order valence-corrected chi connectivity index (χ4v) is 4.06. The fourth-order valence-electron chi connectivity index (χ4n) is 2.57. The lowest BCUT2D eigenvalue weighted by atomic mass is 9.96. The molecule has 0 spiro atoms. The van der Waals surface area contributed by atoms with Gasteiger partial charge in [-0.25, -0.2) is 8.42 Å². The number of piperidine rings is 1. The molecule has 1 aromatic heterocycles. The number of hydrogen-bond donors (Lipinski definition) is 2. The molecular formula is C13H23N3O2S. The van der Waals surface area contributed by atoms with E-state index in [9.17, 15) is 8.42 Å². The summed E-state index contributed by atoms with van der Waals surface area (Å²) in [7, 11) is -1.48. The minimum Gasteiger partial charge on any atom is -0.363 e. The van der Waals surface area contributed by atoms with Gasteiger partial charge in [0.05, 0.1) is 4.90 Å². The Labute approximate surface area is 115 Å². The average molecular weight is 285 g/mol. The molecule has 2 rings (SSSR count). The molecule has 0 atom stereocenters. The average Bonchev–Trinajstić information content (AvgIpc) is 2.89. The van der Waals surface area contributed by atoms with Crippen LogP contribution in [0.1, 0.15) is 31.9 Å². The van der Waals surface area contributed by atoms with Crippen molar-refractivity contribution in [3.63, 3.8) is 0 Å². The van der Waals surface area contributed by atoms with Crippen molar-refractivity contribution in [2.45, 2.75) is 37.6 Å². The maximum atomic E-state index is 12.5. The molecule has 1 saturated heterocycles. The summed E-state index contributed by atoms with van der Waals surface area (Å²) >= 11 is 0. The molecule has 0 aliphatic carbocycles. The first-order valence-electron chi connectivity index (χ1n) is 6.90. The Morgan fingerprint density at radius 1 is 1.42 bits per heavy atom. The second kappa shape index (κ2) is 6.07. The molecular weight excluding hydrogens is 262 g/mol. The van der Waals surface area contributed by atoms with E-state index in [1.54, 1.807) is 16.6 Å². The second-order valence-corrected chi connectivity index (χ2v) is 7.08. The molecule has 5 nitrogen and oxygen atoms in total. The Morgan fingerprint density at radius 3 is 2.68 bits per heavy atom. The summed E-state index contributed by atoms with van der Waals surface area (Å²) in [4.78, 5) is 3.39. The van der Waals surface area contributed by atoms with Gasteiger partial charge in [-0.2, -0.15) is 4.31 Å². The Morgan fingerprint density at radius 2 is 2.11 bits per heavy atom. The predicted octanol–water partition coefficient (Wildman–Crippen LogP) is 1.54. The van der Waals surface area contributed by atoms with Crippen molar-refractivity contribution >= 4 is 10.0 Å². The third-order valence-corrected chi connectivity index (χ3v) is 5.75. The molecule has 1 aliphatic heterocycles. The topological polar surface area (TPSA) is 65.2 Å². The molecule has 0 saturated carbocycles. The van der Waals surface area contributed by atoms with Crippen molar-refractivity contribution in [3.8, 4) is 0 Å². The highest BCUT2D eigenvalue weighted by Gasteiger charge is 2.29. The highest BCUT2D eigenvalue weighted by molar-refractivity contribution is 7.89. The van der Waals surface area contributed by atoms with Crippen molar-refractivity contribution < 1.29 is 8.42 Å². The molecule has 2 N–H and O–H groups in total. The molecule has 6 heteroatoms. The van der Waals surface area contributed by atoms with Gasteiger partial charge >= 0.3 is 0 Å². The fraction of sp³-hybridized carbons (Fsp3) is 0.692. The molecule has 2 heterocycles. The number of H-pyrrole nitrogens is 1. The number of nitrogens with zero attached hydrogens (tertiary/aromatic N) is 1. The van der Waals surface area contributed by atoms with Crippen LogP contribution in [0.4, 0.5) is 0 Å². The molecule has 0 unspecified atom stereocenters. The van der Waals surface area contributed by atoms with Gasteiger partial charge in [-0.05, 0) is 31.9 Å². The van der Waals surface area contributed by atoms with Gasteiger partial charge in [0.15, 0.2) is 0 Å². The molecule has 0 amide bonds. The van der Waals surface area contributed by atoms with E-state index in [0.29, 0.717) is 30.4 Å². The normalized spacial score (nSPS) is 18.8. The smallest absolute Gasteiger partial charge is 0.244 e. The first-order valence-corrected chi connectivity index (χ1v) is 8.34. The Hall–Kier alpha value is -0.850. The van der Waals surface area contributed by atoms with Gasteiger partial charge in [-0.3, -0.25) is 0 Å². The lowest BCUT2D eigenvalue weighted by molar-refractivity contribution is 0.269. The van der Waals surface area contributed by atoms with Crippen molar-refractivity contribution in [1.29, 1.82) is 0 Å².